The highest BCUT2D eigenvalue weighted by Crippen LogP contribution is 2.26. The lowest BCUT2D eigenvalue weighted by atomic mass is 10.1. The number of rotatable bonds is 3. The standard InChI is InChI=1S/C15H17N3OS/c1-3-20-13-7-5-4-6-11(13)12-8-9-14-16-15(2,19)10-18(14)17-12/h4-9,19H,3,10H2,1-2H3. The molecule has 0 bridgehead atoms. The molecule has 2 aliphatic heterocycles. The number of benzene rings is 1. The van der Waals surface area contributed by atoms with Gasteiger partial charge in [0.2, 0.25) is 0 Å². The van der Waals surface area contributed by atoms with Gasteiger partial charge in [-0.15, -0.1) is 11.8 Å². The summed E-state index contributed by atoms with van der Waals surface area (Å²) < 4.78 is 0. The third-order valence-electron chi connectivity index (χ3n) is 3.15. The van der Waals surface area contributed by atoms with Crippen molar-refractivity contribution in [3.05, 3.63) is 42.0 Å². The van der Waals surface area contributed by atoms with Crippen LogP contribution in [0.4, 0.5) is 0 Å². The van der Waals surface area contributed by atoms with Crippen LogP contribution in [-0.4, -0.2) is 39.7 Å². The highest BCUT2D eigenvalue weighted by Gasteiger charge is 2.33. The molecule has 0 amide bonds. The third-order valence-corrected chi connectivity index (χ3v) is 4.11. The average molecular weight is 287 g/mol. The summed E-state index contributed by atoms with van der Waals surface area (Å²) in [4.78, 5) is 5.45. The molecule has 5 heteroatoms. The van der Waals surface area contributed by atoms with Gasteiger partial charge in [0.1, 0.15) is 5.84 Å². The maximum Gasteiger partial charge on any atom is 0.175 e. The number of hydrazone groups is 1. The minimum Gasteiger partial charge on any atom is -0.368 e. The van der Waals surface area contributed by atoms with Gasteiger partial charge in [-0.1, -0.05) is 25.1 Å². The minimum absolute atomic E-state index is 0.402. The second kappa shape index (κ2) is 5.07. The van der Waals surface area contributed by atoms with E-state index in [0.717, 1.165) is 22.9 Å². The van der Waals surface area contributed by atoms with Crippen LogP contribution in [0.5, 0.6) is 0 Å². The van der Waals surface area contributed by atoms with Crippen molar-refractivity contribution in [1.82, 2.24) is 5.01 Å². The van der Waals surface area contributed by atoms with E-state index in [9.17, 15) is 5.11 Å². The third kappa shape index (κ3) is 2.51. The Balaban J connectivity index is 1.94. The highest BCUT2D eigenvalue weighted by molar-refractivity contribution is 7.99. The largest absolute Gasteiger partial charge is 0.368 e. The molecule has 104 valence electrons. The van der Waals surface area contributed by atoms with E-state index in [1.165, 1.54) is 4.90 Å². The zero-order valence-electron chi connectivity index (χ0n) is 11.6. The summed E-state index contributed by atoms with van der Waals surface area (Å²) in [6.45, 7) is 4.24. The number of aliphatic imine (C=N–C) groups is 1. The molecule has 1 aromatic rings. The number of hydrogen-bond donors (Lipinski definition) is 1. The van der Waals surface area contributed by atoms with Crippen LogP contribution >= 0.6 is 11.8 Å². The number of hydrogen-bond acceptors (Lipinski definition) is 5. The fourth-order valence-electron chi connectivity index (χ4n) is 2.33. The molecule has 1 unspecified atom stereocenters. The molecule has 2 heterocycles. The molecular formula is C15H17N3OS. The van der Waals surface area contributed by atoms with Crippen LogP contribution < -0.4 is 0 Å². The first kappa shape index (κ1) is 13.4. The van der Waals surface area contributed by atoms with Crippen molar-refractivity contribution < 1.29 is 5.11 Å². The molecule has 2 aliphatic rings. The van der Waals surface area contributed by atoms with E-state index in [1.54, 1.807) is 11.9 Å². The Morgan fingerprint density at radius 3 is 2.95 bits per heavy atom. The van der Waals surface area contributed by atoms with Gasteiger partial charge in [-0.05, 0) is 30.9 Å². The monoisotopic (exact) mass is 287 g/mol. The molecule has 0 aliphatic carbocycles. The van der Waals surface area contributed by atoms with E-state index in [2.05, 4.69) is 29.2 Å². The summed E-state index contributed by atoms with van der Waals surface area (Å²) in [6, 6.07) is 8.26. The number of nitrogens with zero attached hydrogens (tertiary/aromatic N) is 3. The summed E-state index contributed by atoms with van der Waals surface area (Å²) >= 11 is 1.81. The fourth-order valence-corrected chi connectivity index (χ4v) is 3.15. The van der Waals surface area contributed by atoms with Gasteiger partial charge >= 0.3 is 0 Å². The summed E-state index contributed by atoms with van der Waals surface area (Å²) in [6.07, 6.45) is 3.88. The molecule has 0 saturated heterocycles. The molecule has 20 heavy (non-hydrogen) atoms. The number of fused-ring (bicyclic) bond motifs is 1. The number of amidine groups is 1. The van der Waals surface area contributed by atoms with E-state index >= 15 is 0 Å². The van der Waals surface area contributed by atoms with Gasteiger partial charge in [-0.25, -0.2) is 10.0 Å². The number of aliphatic hydroxyl groups is 1. The Hall–Kier alpha value is -1.59. The molecule has 0 aromatic heterocycles. The maximum absolute atomic E-state index is 9.98. The van der Waals surface area contributed by atoms with Gasteiger partial charge in [0, 0.05) is 10.5 Å². The highest BCUT2D eigenvalue weighted by atomic mass is 32.2. The van der Waals surface area contributed by atoms with Crippen molar-refractivity contribution in [1.29, 1.82) is 0 Å². The Labute approximate surface area is 122 Å². The molecule has 0 fully saturated rings. The molecule has 4 nitrogen and oxygen atoms in total. The van der Waals surface area contributed by atoms with Crippen LogP contribution in [0.3, 0.4) is 0 Å². The molecular weight excluding hydrogens is 270 g/mol. The Morgan fingerprint density at radius 1 is 1.35 bits per heavy atom. The Morgan fingerprint density at radius 2 is 2.15 bits per heavy atom. The van der Waals surface area contributed by atoms with E-state index in [1.807, 2.05) is 36.0 Å². The molecule has 1 aromatic carbocycles. The Kier molecular flexibility index (Phi) is 3.40. The average Bonchev–Trinajstić information content (AvgIpc) is 2.72. The number of thioether (sulfide) groups is 1. The minimum atomic E-state index is -1.05. The van der Waals surface area contributed by atoms with Crippen molar-refractivity contribution in [2.45, 2.75) is 24.5 Å². The molecule has 0 radical (unpaired) electrons. The maximum atomic E-state index is 9.98. The van der Waals surface area contributed by atoms with E-state index in [0.29, 0.717) is 6.54 Å². The van der Waals surface area contributed by atoms with Crippen LogP contribution in [0.1, 0.15) is 19.4 Å². The normalized spacial score (nSPS) is 24.4. The van der Waals surface area contributed by atoms with Gasteiger partial charge in [-0.2, -0.15) is 5.10 Å². The van der Waals surface area contributed by atoms with Crippen molar-refractivity contribution in [2.75, 3.05) is 12.3 Å². The molecule has 1 N–H and O–H groups in total. The Bertz CT molecular complexity index is 619. The van der Waals surface area contributed by atoms with Gasteiger partial charge < -0.3 is 5.11 Å². The second-order valence-electron chi connectivity index (χ2n) is 4.99. The lowest BCUT2D eigenvalue weighted by Crippen LogP contribution is -2.32. The predicted molar refractivity (Wildman–Crippen MR) is 83.3 cm³/mol. The predicted octanol–water partition coefficient (Wildman–Crippen LogP) is 2.50. The van der Waals surface area contributed by atoms with Crippen molar-refractivity contribution in [3.63, 3.8) is 0 Å². The van der Waals surface area contributed by atoms with Gasteiger partial charge in [0.25, 0.3) is 0 Å². The van der Waals surface area contributed by atoms with Crippen molar-refractivity contribution in [2.24, 2.45) is 10.1 Å². The summed E-state index contributed by atoms with van der Waals surface area (Å²) in [5, 5.41) is 16.4. The van der Waals surface area contributed by atoms with Crippen LogP contribution in [0.15, 0.2) is 51.4 Å². The number of allylic oxidation sites excluding steroid dienone is 1. The zero-order chi connectivity index (χ0) is 14.2. The first-order valence-corrected chi connectivity index (χ1v) is 7.66. The van der Waals surface area contributed by atoms with E-state index < -0.39 is 5.72 Å². The van der Waals surface area contributed by atoms with Crippen molar-refractivity contribution >= 4 is 23.3 Å². The van der Waals surface area contributed by atoms with Crippen molar-refractivity contribution in [3.8, 4) is 0 Å². The summed E-state index contributed by atoms with van der Waals surface area (Å²) in [7, 11) is 0. The van der Waals surface area contributed by atoms with Crippen LogP contribution in [0, 0.1) is 0 Å². The van der Waals surface area contributed by atoms with Crippen LogP contribution in [0.2, 0.25) is 0 Å². The topological polar surface area (TPSA) is 48.2 Å². The van der Waals surface area contributed by atoms with Gasteiger partial charge in [-0.3, -0.25) is 0 Å². The molecule has 3 rings (SSSR count). The SMILES string of the molecule is CCSc1ccccc1C1=NN2CC(C)(O)N=C2C=C1. The molecule has 0 saturated carbocycles. The van der Waals surface area contributed by atoms with Crippen LogP contribution in [-0.2, 0) is 0 Å². The molecule has 1 atom stereocenters. The van der Waals surface area contributed by atoms with Crippen LogP contribution in [0.25, 0.3) is 0 Å². The zero-order valence-corrected chi connectivity index (χ0v) is 12.4. The van der Waals surface area contributed by atoms with E-state index in [-0.39, 0.29) is 0 Å². The smallest absolute Gasteiger partial charge is 0.175 e. The first-order chi connectivity index (χ1) is 9.59. The lowest BCUT2D eigenvalue weighted by molar-refractivity contribution is 0.0650. The van der Waals surface area contributed by atoms with Gasteiger partial charge in [0.15, 0.2) is 5.72 Å². The fraction of sp³-hybridized carbons (Fsp3) is 0.333. The van der Waals surface area contributed by atoms with Gasteiger partial charge in [0.05, 0.1) is 12.3 Å². The lowest BCUT2D eigenvalue weighted by Gasteiger charge is -2.20. The summed E-state index contributed by atoms with van der Waals surface area (Å²) in [5.74, 6) is 1.75. The molecule has 0 spiro atoms. The quantitative estimate of drug-likeness (QED) is 0.869. The first-order valence-electron chi connectivity index (χ1n) is 6.68. The second-order valence-corrected chi connectivity index (χ2v) is 6.30. The van der Waals surface area contributed by atoms with E-state index in [4.69, 9.17) is 0 Å². The summed E-state index contributed by atoms with van der Waals surface area (Å²) in [5.41, 5.74) is 0.996.